The summed E-state index contributed by atoms with van der Waals surface area (Å²) in [4.78, 5) is 10.6. The number of hydrogen-bond donors (Lipinski definition) is 1. The van der Waals surface area contributed by atoms with Crippen LogP contribution in [0.2, 0.25) is 10.0 Å². The fourth-order valence-corrected chi connectivity index (χ4v) is 1.71. The van der Waals surface area contributed by atoms with Gasteiger partial charge < -0.3 is 5.11 Å². The van der Waals surface area contributed by atoms with Crippen LogP contribution in [0.3, 0.4) is 0 Å². The van der Waals surface area contributed by atoms with Gasteiger partial charge in [0.25, 0.3) is 0 Å². The van der Waals surface area contributed by atoms with Crippen molar-refractivity contribution in [1.29, 1.82) is 0 Å². The van der Waals surface area contributed by atoms with Gasteiger partial charge in [0, 0.05) is 4.47 Å². The van der Waals surface area contributed by atoms with Crippen LogP contribution in [-0.4, -0.2) is 11.1 Å². The number of benzene rings is 1. The summed E-state index contributed by atoms with van der Waals surface area (Å²) in [5, 5.41) is 8.94. The van der Waals surface area contributed by atoms with Crippen molar-refractivity contribution in [2.45, 2.75) is 0 Å². The Balaban J connectivity index is 3.37. The molecule has 1 rings (SSSR count). The Morgan fingerprint density at radius 3 is 2.50 bits per heavy atom. The number of carbonyl (C=O) groups is 1. The molecule has 0 aliphatic heterocycles. The van der Waals surface area contributed by atoms with Gasteiger partial charge in [-0.3, -0.25) is 0 Å². The second-order valence-corrected chi connectivity index (χ2v) is 3.76. The molecule has 0 bridgehead atoms. The Hall–Kier alpha value is -0.250. The third kappa shape index (κ3) is 1.91. The van der Waals surface area contributed by atoms with Crippen LogP contribution in [0, 0.1) is 0 Å². The zero-order chi connectivity index (χ0) is 9.30. The van der Waals surface area contributed by atoms with Crippen LogP contribution in [0.4, 0.5) is 0 Å². The lowest BCUT2D eigenvalue weighted by atomic mass is 10.2. The number of carboxylic acid groups (broad SMARTS) is 1. The monoisotopic (exact) mass is 268 g/mol. The average molecular weight is 270 g/mol. The van der Waals surface area contributed by atoms with Gasteiger partial charge in [0.15, 0.2) is 0 Å². The average Bonchev–Trinajstić information content (AvgIpc) is 1.96. The molecular formula is C7H3BrCl2O2. The Kier molecular flexibility index (Phi) is 2.99. The highest BCUT2D eigenvalue weighted by molar-refractivity contribution is 9.10. The lowest BCUT2D eigenvalue weighted by Gasteiger charge is -2.01. The van der Waals surface area contributed by atoms with Crippen LogP contribution in [0.15, 0.2) is 16.6 Å². The molecule has 0 unspecified atom stereocenters. The maximum absolute atomic E-state index is 10.6. The van der Waals surface area contributed by atoms with Crippen molar-refractivity contribution in [3.05, 3.63) is 32.2 Å². The Bertz CT molecular complexity index is 338. The predicted molar refractivity (Wildman–Crippen MR) is 51.1 cm³/mol. The van der Waals surface area contributed by atoms with Gasteiger partial charge in [-0.25, -0.2) is 4.79 Å². The van der Waals surface area contributed by atoms with E-state index in [4.69, 9.17) is 28.3 Å². The van der Waals surface area contributed by atoms with E-state index in [1.165, 1.54) is 12.1 Å². The summed E-state index contributed by atoms with van der Waals surface area (Å²) in [6.45, 7) is 0. The van der Waals surface area contributed by atoms with Gasteiger partial charge in [-0.2, -0.15) is 0 Å². The fourth-order valence-electron chi connectivity index (χ4n) is 0.712. The maximum atomic E-state index is 10.6. The van der Waals surface area contributed by atoms with Crippen LogP contribution >= 0.6 is 39.1 Å². The summed E-state index contributed by atoms with van der Waals surface area (Å²) in [6.07, 6.45) is 0. The number of hydrogen-bond acceptors (Lipinski definition) is 1. The topological polar surface area (TPSA) is 37.3 Å². The van der Waals surface area contributed by atoms with E-state index in [2.05, 4.69) is 15.9 Å². The second kappa shape index (κ2) is 3.64. The van der Waals surface area contributed by atoms with Crippen molar-refractivity contribution in [2.24, 2.45) is 0 Å². The van der Waals surface area contributed by atoms with E-state index < -0.39 is 5.97 Å². The minimum Gasteiger partial charge on any atom is -0.478 e. The summed E-state index contributed by atoms with van der Waals surface area (Å²) in [7, 11) is 0. The van der Waals surface area contributed by atoms with E-state index in [9.17, 15) is 4.79 Å². The number of rotatable bonds is 1. The van der Waals surface area contributed by atoms with Crippen molar-refractivity contribution in [3.63, 3.8) is 0 Å². The van der Waals surface area contributed by atoms with E-state index in [1.807, 2.05) is 0 Å². The van der Waals surface area contributed by atoms with E-state index >= 15 is 0 Å². The first kappa shape index (κ1) is 9.84. The van der Waals surface area contributed by atoms with Crippen LogP contribution < -0.4 is 0 Å². The number of halogens is 3. The molecule has 5 heteroatoms. The Labute approximate surface area is 87.2 Å². The maximum Gasteiger partial charge on any atom is 0.337 e. The first-order valence-electron chi connectivity index (χ1n) is 2.90. The molecule has 0 atom stereocenters. The van der Waals surface area contributed by atoms with Crippen molar-refractivity contribution in [1.82, 2.24) is 0 Å². The highest BCUT2D eigenvalue weighted by Gasteiger charge is 2.12. The van der Waals surface area contributed by atoms with Crippen molar-refractivity contribution < 1.29 is 9.90 Å². The molecule has 0 amide bonds. The molecule has 12 heavy (non-hydrogen) atoms. The first-order chi connectivity index (χ1) is 5.52. The van der Waals surface area contributed by atoms with Crippen LogP contribution in [0.25, 0.3) is 0 Å². The molecule has 2 nitrogen and oxygen atoms in total. The zero-order valence-corrected chi connectivity index (χ0v) is 8.74. The molecule has 0 aromatic heterocycles. The van der Waals surface area contributed by atoms with Crippen LogP contribution in [-0.2, 0) is 0 Å². The standard InChI is InChI=1S/C7H3BrCl2O2/c8-3-1-4(7(11)12)6(10)5(9)2-3/h1-2H,(H,11,12). The molecule has 0 spiro atoms. The lowest BCUT2D eigenvalue weighted by Crippen LogP contribution is -1.97. The lowest BCUT2D eigenvalue weighted by molar-refractivity contribution is 0.0697. The second-order valence-electron chi connectivity index (χ2n) is 2.05. The van der Waals surface area contributed by atoms with Gasteiger partial charge in [-0.15, -0.1) is 0 Å². The number of carboxylic acids is 1. The van der Waals surface area contributed by atoms with Gasteiger partial charge >= 0.3 is 5.97 Å². The zero-order valence-electron chi connectivity index (χ0n) is 5.64. The van der Waals surface area contributed by atoms with E-state index in [0.717, 1.165) is 0 Å². The van der Waals surface area contributed by atoms with Crippen molar-refractivity contribution >= 4 is 45.1 Å². The predicted octanol–water partition coefficient (Wildman–Crippen LogP) is 3.45. The molecule has 0 fully saturated rings. The first-order valence-corrected chi connectivity index (χ1v) is 4.45. The summed E-state index contributed by atoms with van der Waals surface area (Å²) in [5.74, 6) is -1.09. The third-order valence-electron chi connectivity index (χ3n) is 1.22. The minimum atomic E-state index is -1.09. The molecule has 0 aliphatic rings. The van der Waals surface area contributed by atoms with E-state index in [1.54, 1.807) is 0 Å². The van der Waals surface area contributed by atoms with Gasteiger partial charge in [-0.1, -0.05) is 39.1 Å². The van der Waals surface area contributed by atoms with E-state index in [-0.39, 0.29) is 15.6 Å². The van der Waals surface area contributed by atoms with E-state index in [0.29, 0.717) is 4.47 Å². The van der Waals surface area contributed by atoms with Gasteiger partial charge in [-0.05, 0) is 12.1 Å². The minimum absolute atomic E-state index is 0.00367. The molecule has 1 N–H and O–H groups in total. The molecule has 1 aromatic rings. The normalized spacial score (nSPS) is 9.92. The summed E-state index contributed by atoms with van der Waals surface area (Å²) >= 11 is 14.4. The summed E-state index contributed by atoms with van der Waals surface area (Å²) in [6, 6.07) is 2.94. The molecule has 1 aromatic carbocycles. The quantitative estimate of drug-likeness (QED) is 0.793. The Morgan fingerprint density at radius 1 is 1.42 bits per heavy atom. The largest absolute Gasteiger partial charge is 0.478 e. The van der Waals surface area contributed by atoms with Gasteiger partial charge in [0.1, 0.15) is 0 Å². The Morgan fingerprint density at radius 2 is 2.00 bits per heavy atom. The molecule has 0 radical (unpaired) electrons. The van der Waals surface area contributed by atoms with Crippen molar-refractivity contribution in [3.8, 4) is 0 Å². The molecule has 0 heterocycles. The summed E-state index contributed by atoms with van der Waals surface area (Å²) < 4.78 is 0.592. The summed E-state index contributed by atoms with van der Waals surface area (Å²) in [5.41, 5.74) is -0.00367. The van der Waals surface area contributed by atoms with Gasteiger partial charge in [0.2, 0.25) is 0 Å². The molecule has 64 valence electrons. The highest BCUT2D eigenvalue weighted by atomic mass is 79.9. The highest BCUT2D eigenvalue weighted by Crippen LogP contribution is 2.29. The smallest absolute Gasteiger partial charge is 0.337 e. The molecular weight excluding hydrogens is 267 g/mol. The van der Waals surface area contributed by atoms with Crippen molar-refractivity contribution in [2.75, 3.05) is 0 Å². The molecule has 0 saturated carbocycles. The van der Waals surface area contributed by atoms with Crippen LogP contribution in [0.5, 0.6) is 0 Å². The molecule has 0 saturated heterocycles. The van der Waals surface area contributed by atoms with Gasteiger partial charge in [0.05, 0.1) is 15.6 Å². The molecule has 0 aliphatic carbocycles. The van der Waals surface area contributed by atoms with Crippen LogP contribution in [0.1, 0.15) is 10.4 Å². The fraction of sp³-hybridized carbons (Fsp3) is 0. The number of aromatic carboxylic acids is 1. The third-order valence-corrected chi connectivity index (χ3v) is 2.48. The SMILES string of the molecule is O=C(O)c1cc(Br)cc(Cl)c1Cl.